The summed E-state index contributed by atoms with van der Waals surface area (Å²) in [5.41, 5.74) is 3.70. The molecule has 0 aliphatic carbocycles. The molecular formula is C13H14ClNS. The van der Waals surface area contributed by atoms with E-state index in [9.17, 15) is 0 Å². The molecular weight excluding hydrogens is 238 g/mol. The van der Waals surface area contributed by atoms with Crippen LogP contribution < -0.4 is 5.32 Å². The zero-order valence-electron chi connectivity index (χ0n) is 8.95. The number of halogens is 1. The molecule has 0 aliphatic rings. The fraction of sp³-hybridized carbons (Fsp3) is 0.231. The Labute approximate surface area is 105 Å². The molecule has 0 amide bonds. The molecule has 0 radical (unpaired) electrons. The first-order valence-electron chi connectivity index (χ1n) is 5.28. The van der Waals surface area contributed by atoms with E-state index in [0.29, 0.717) is 5.88 Å². The van der Waals surface area contributed by atoms with Gasteiger partial charge >= 0.3 is 0 Å². The third kappa shape index (κ3) is 3.26. The molecule has 3 heteroatoms. The van der Waals surface area contributed by atoms with E-state index in [1.807, 2.05) is 12.1 Å². The predicted molar refractivity (Wildman–Crippen MR) is 72.5 cm³/mol. The van der Waals surface area contributed by atoms with Gasteiger partial charge in [-0.25, -0.2) is 0 Å². The van der Waals surface area contributed by atoms with E-state index in [4.69, 9.17) is 11.6 Å². The van der Waals surface area contributed by atoms with Gasteiger partial charge in [-0.3, -0.25) is 0 Å². The lowest BCUT2D eigenvalue weighted by atomic mass is 10.2. The lowest BCUT2D eigenvalue weighted by Crippen LogP contribution is -2.04. The lowest BCUT2D eigenvalue weighted by molar-refractivity contribution is 1.03. The Morgan fingerprint density at radius 3 is 2.88 bits per heavy atom. The molecule has 2 rings (SSSR count). The second-order valence-electron chi connectivity index (χ2n) is 3.64. The highest BCUT2D eigenvalue weighted by Gasteiger charge is 1.96. The summed E-state index contributed by atoms with van der Waals surface area (Å²) in [5.74, 6) is 0.569. The minimum atomic E-state index is 0.569. The highest BCUT2D eigenvalue weighted by atomic mass is 35.5. The minimum absolute atomic E-state index is 0.569. The SMILES string of the molecule is ClCc1cccc(NCCc2ccsc2)c1. The molecule has 0 spiro atoms. The molecule has 1 heterocycles. The maximum atomic E-state index is 5.79. The molecule has 0 aliphatic heterocycles. The van der Waals surface area contributed by atoms with Gasteiger partial charge in [0.15, 0.2) is 0 Å². The Morgan fingerprint density at radius 2 is 2.12 bits per heavy atom. The van der Waals surface area contributed by atoms with Gasteiger partial charge in [-0.15, -0.1) is 11.6 Å². The summed E-state index contributed by atoms with van der Waals surface area (Å²) in [6.45, 7) is 0.961. The van der Waals surface area contributed by atoms with Gasteiger partial charge in [0.1, 0.15) is 0 Å². The van der Waals surface area contributed by atoms with E-state index in [-0.39, 0.29) is 0 Å². The van der Waals surface area contributed by atoms with Crippen LogP contribution in [0.15, 0.2) is 41.1 Å². The van der Waals surface area contributed by atoms with Crippen molar-refractivity contribution in [3.05, 3.63) is 52.2 Å². The van der Waals surface area contributed by atoms with Crippen LogP contribution in [0.1, 0.15) is 11.1 Å². The number of thiophene rings is 1. The largest absolute Gasteiger partial charge is 0.385 e. The summed E-state index contributed by atoms with van der Waals surface area (Å²) in [6.07, 6.45) is 1.06. The van der Waals surface area contributed by atoms with Gasteiger partial charge in [-0.05, 0) is 46.5 Å². The molecule has 1 aromatic heterocycles. The van der Waals surface area contributed by atoms with Gasteiger partial charge < -0.3 is 5.32 Å². The molecule has 2 aromatic rings. The smallest absolute Gasteiger partial charge is 0.0474 e. The molecule has 0 atom stereocenters. The monoisotopic (exact) mass is 251 g/mol. The summed E-state index contributed by atoms with van der Waals surface area (Å²) in [7, 11) is 0. The van der Waals surface area contributed by atoms with E-state index in [2.05, 4.69) is 34.3 Å². The maximum absolute atomic E-state index is 5.79. The van der Waals surface area contributed by atoms with Crippen LogP contribution in [0.25, 0.3) is 0 Å². The summed E-state index contributed by atoms with van der Waals surface area (Å²) < 4.78 is 0. The molecule has 1 nitrogen and oxygen atoms in total. The minimum Gasteiger partial charge on any atom is -0.385 e. The number of rotatable bonds is 5. The lowest BCUT2D eigenvalue weighted by Gasteiger charge is -2.06. The van der Waals surface area contributed by atoms with Crippen molar-refractivity contribution in [1.29, 1.82) is 0 Å². The van der Waals surface area contributed by atoms with E-state index in [1.54, 1.807) is 11.3 Å². The van der Waals surface area contributed by atoms with E-state index in [1.165, 1.54) is 5.56 Å². The normalized spacial score (nSPS) is 10.3. The van der Waals surface area contributed by atoms with Crippen molar-refractivity contribution in [2.45, 2.75) is 12.3 Å². The third-order valence-corrected chi connectivity index (χ3v) is 3.44. The van der Waals surface area contributed by atoms with Gasteiger partial charge in [-0.1, -0.05) is 12.1 Å². The Kier molecular flexibility index (Phi) is 4.25. The third-order valence-electron chi connectivity index (χ3n) is 2.40. The molecule has 0 saturated heterocycles. The van der Waals surface area contributed by atoms with Crippen LogP contribution in [0.4, 0.5) is 5.69 Å². The molecule has 0 saturated carbocycles. The summed E-state index contributed by atoms with van der Waals surface area (Å²) >= 11 is 7.53. The summed E-state index contributed by atoms with van der Waals surface area (Å²) in [6, 6.07) is 10.4. The van der Waals surface area contributed by atoms with Gasteiger partial charge in [0.25, 0.3) is 0 Å². The average Bonchev–Trinajstić information content (AvgIpc) is 2.82. The van der Waals surface area contributed by atoms with Gasteiger partial charge in [0.05, 0.1) is 0 Å². The van der Waals surface area contributed by atoms with Gasteiger partial charge in [-0.2, -0.15) is 11.3 Å². The van der Waals surface area contributed by atoms with Crippen LogP contribution in [-0.4, -0.2) is 6.54 Å². The van der Waals surface area contributed by atoms with Crippen LogP contribution in [0, 0.1) is 0 Å². The Morgan fingerprint density at radius 1 is 1.19 bits per heavy atom. The quantitative estimate of drug-likeness (QED) is 0.788. The standard InChI is InChI=1S/C13H14ClNS/c14-9-12-2-1-3-13(8-12)15-6-4-11-5-7-16-10-11/h1-3,5,7-8,10,15H,4,6,9H2. The van der Waals surface area contributed by atoms with Crippen molar-refractivity contribution in [3.63, 3.8) is 0 Å². The highest BCUT2D eigenvalue weighted by Crippen LogP contribution is 2.13. The molecule has 1 aromatic carbocycles. The number of nitrogens with one attached hydrogen (secondary N) is 1. The predicted octanol–water partition coefficient (Wildman–Crippen LogP) is 4.14. The summed E-state index contributed by atoms with van der Waals surface area (Å²) in [5, 5.41) is 7.71. The van der Waals surface area contributed by atoms with Crippen molar-refractivity contribution >= 4 is 28.6 Å². The van der Waals surface area contributed by atoms with E-state index < -0.39 is 0 Å². The van der Waals surface area contributed by atoms with Gasteiger partial charge in [0.2, 0.25) is 0 Å². The zero-order chi connectivity index (χ0) is 11.2. The van der Waals surface area contributed by atoms with Crippen molar-refractivity contribution in [3.8, 4) is 0 Å². The topological polar surface area (TPSA) is 12.0 Å². The highest BCUT2D eigenvalue weighted by molar-refractivity contribution is 7.07. The van der Waals surface area contributed by atoms with Crippen molar-refractivity contribution < 1.29 is 0 Å². The number of hydrogen-bond acceptors (Lipinski definition) is 2. The van der Waals surface area contributed by atoms with E-state index in [0.717, 1.165) is 24.2 Å². The zero-order valence-corrected chi connectivity index (χ0v) is 10.5. The number of benzene rings is 1. The molecule has 16 heavy (non-hydrogen) atoms. The second kappa shape index (κ2) is 5.92. The Balaban J connectivity index is 1.85. The van der Waals surface area contributed by atoms with Crippen LogP contribution in [0.5, 0.6) is 0 Å². The van der Waals surface area contributed by atoms with Crippen molar-refractivity contribution in [2.75, 3.05) is 11.9 Å². The molecule has 84 valence electrons. The molecule has 0 unspecified atom stereocenters. The fourth-order valence-corrected chi connectivity index (χ4v) is 2.42. The van der Waals surface area contributed by atoms with Gasteiger partial charge in [0, 0.05) is 18.1 Å². The van der Waals surface area contributed by atoms with Crippen LogP contribution in [0.2, 0.25) is 0 Å². The average molecular weight is 252 g/mol. The Bertz CT molecular complexity index is 425. The first kappa shape index (κ1) is 11.5. The van der Waals surface area contributed by atoms with Crippen molar-refractivity contribution in [2.24, 2.45) is 0 Å². The molecule has 0 fully saturated rings. The number of anilines is 1. The maximum Gasteiger partial charge on any atom is 0.0474 e. The number of alkyl halides is 1. The van der Waals surface area contributed by atoms with Crippen LogP contribution in [0.3, 0.4) is 0 Å². The first-order valence-corrected chi connectivity index (χ1v) is 6.76. The second-order valence-corrected chi connectivity index (χ2v) is 4.69. The first-order chi connectivity index (χ1) is 7.88. The molecule has 1 N–H and O–H groups in total. The van der Waals surface area contributed by atoms with Crippen LogP contribution >= 0.6 is 22.9 Å². The Hall–Kier alpha value is -0.990. The number of hydrogen-bond donors (Lipinski definition) is 1. The van der Waals surface area contributed by atoms with E-state index >= 15 is 0 Å². The molecule has 0 bridgehead atoms. The van der Waals surface area contributed by atoms with Crippen molar-refractivity contribution in [1.82, 2.24) is 0 Å². The fourth-order valence-electron chi connectivity index (χ4n) is 1.55. The van der Waals surface area contributed by atoms with Crippen LogP contribution in [-0.2, 0) is 12.3 Å². The summed E-state index contributed by atoms with van der Waals surface area (Å²) in [4.78, 5) is 0.